The van der Waals surface area contributed by atoms with E-state index in [0.29, 0.717) is 6.42 Å². The Morgan fingerprint density at radius 3 is 2.88 bits per heavy atom. The number of carbonyl (C=O) groups is 2. The molecule has 16 heavy (non-hydrogen) atoms. The number of hydrogen-bond donors (Lipinski definition) is 2. The average molecular weight is 227 g/mol. The molecule has 8 heteroatoms. The van der Waals surface area contributed by atoms with Crippen molar-refractivity contribution in [3.8, 4) is 0 Å². The molecule has 0 aliphatic carbocycles. The van der Waals surface area contributed by atoms with Crippen molar-refractivity contribution in [2.75, 3.05) is 0 Å². The molecule has 0 bridgehead atoms. The predicted molar refractivity (Wildman–Crippen MR) is 52.3 cm³/mol. The highest BCUT2D eigenvalue weighted by Crippen LogP contribution is 1.96. The van der Waals surface area contributed by atoms with Crippen molar-refractivity contribution < 1.29 is 14.7 Å². The lowest BCUT2D eigenvalue weighted by atomic mass is 10.2. The first-order valence-corrected chi connectivity index (χ1v) is 4.80. The zero-order valence-electron chi connectivity index (χ0n) is 8.83. The van der Waals surface area contributed by atoms with Crippen molar-refractivity contribution in [3.63, 3.8) is 0 Å². The number of carboxylic acid groups (broad SMARTS) is 1. The average Bonchev–Trinajstić information content (AvgIpc) is 2.67. The summed E-state index contributed by atoms with van der Waals surface area (Å²) in [6.45, 7) is 1.78. The largest absolute Gasteiger partial charge is 0.481 e. The number of rotatable bonds is 6. The molecular weight excluding hydrogens is 214 g/mol. The lowest BCUT2D eigenvalue weighted by molar-refractivity contribution is -0.137. The Labute approximate surface area is 91.6 Å². The minimum Gasteiger partial charge on any atom is -0.481 e. The molecule has 0 aliphatic rings. The van der Waals surface area contributed by atoms with Gasteiger partial charge in [-0.1, -0.05) is 0 Å². The third-order valence-corrected chi connectivity index (χ3v) is 1.90. The molecule has 0 fully saturated rings. The van der Waals surface area contributed by atoms with Crippen molar-refractivity contribution >= 4 is 11.9 Å². The highest BCUT2D eigenvalue weighted by atomic mass is 16.4. The van der Waals surface area contributed by atoms with E-state index in [1.165, 1.54) is 11.0 Å². The lowest BCUT2D eigenvalue weighted by Crippen LogP contribution is -2.35. The molecule has 1 aromatic heterocycles. The number of amides is 1. The van der Waals surface area contributed by atoms with Crippen LogP contribution >= 0.6 is 0 Å². The van der Waals surface area contributed by atoms with Crippen molar-refractivity contribution in [3.05, 3.63) is 6.33 Å². The standard InChI is InChI=1S/C8H13N5O3/c1-6(2-3-8(15)16)10-7(14)4-13-5-9-11-12-13/h5-6H,2-4H2,1H3,(H,10,14)(H,15,16). The molecule has 8 nitrogen and oxygen atoms in total. The van der Waals surface area contributed by atoms with E-state index >= 15 is 0 Å². The minimum absolute atomic E-state index is 0.0322. The van der Waals surface area contributed by atoms with E-state index in [4.69, 9.17) is 5.11 Å². The van der Waals surface area contributed by atoms with Crippen molar-refractivity contribution in [2.45, 2.75) is 32.4 Å². The van der Waals surface area contributed by atoms with Gasteiger partial charge in [0.05, 0.1) is 0 Å². The molecule has 0 aliphatic heterocycles. The molecule has 0 radical (unpaired) electrons. The second-order valence-electron chi connectivity index (χ2n) is 3.41. The first-order valence-electron chi connectivity index (χ1n) is 4.80. The van der Waals surface area contributed by atoms with Crippen LogP contribution in [0.5, 0.6) is 0 Å². The van der Waals surface area contributed by atoms with Crippen LogP contribution in [-0.2, 0) is 16.1 Å². The lowest BCUT2D eigenvalue weighted by Gasteiger charge is -2.12. The molecule has 1 heterocycles. The Bertz CT molecular complexity index is 351. The van der Waals surface area contributed by atoms with E-state index in [1.807, 2.05) is 0 Å². The van der Waals surface area contributed by atoms with Gasteiger partial charge in [-0.3, -0.25) is 9.59 Å². The Kier molecular flexibility index (Phi) is 4.37. The molecule has 1 unspecified atom stereocenters. The summed E-state index contributed by atoms with van der Waals surface area (Å²) in [5.74, 6) is -1.12. The van der Waals surface area contributed by atoms with Gasteiger partial charge in [0.1, 0.15) is 12.9 Å². The molecule has 2 N–H and O–H groups in total. The zero-order chi connectivity index (χ0) is 12.0. The molecule has 0 spiro atoms. The van der Waals surface area contributed by atoms with Crippen LogP contribution in [0.15, 0.2) is 6.33 Å². The number of carbonyl (C=O) groups excluding carboxylic acids is 1. The van der Waals surface area contributed by atoms with Gasteiger partial charge in [-0.05, 0) is 23.8 Å². The second kappa shape index (κ2) is 5.79. The quantitative estimate of drug-likeness (QED) is 0.647. The van der Waals surface area contributed by atoms with Crippen molar-refractivity contribution in [1.29, 1.82) is 0 Å². The van der Waals surface area contributed by atoms with Gasteiger partial charge < -0.3 is 10.4 Å². The van der Waals surface area contributed by atoms with E-state index in [1.54, 1.807) is 6.92 Å². The summed E-state index contributed by atoms with van der Waals surface area (Å²) in [4.78, 5) is 21.7. The van der Waals surface area contributed by atoms with Gasteiger partial charge in [-0.2, -0.15) is 0 Å². The molecule has 1 atom stereocenters. The SMILES string of the molecule is CC(CCC(=O)O)NC(=O)Cn1cnnn1. The smallest absolute Gasteiger partial charge is 0.303 e. The number of hydrogen-bond acceptors (Lipinski definition) is 5. The summed E-state index contributed by atoms with van der Waals surface area (Å²) >= 11 is 0. The number of nitrogens with one attached hydrogen (secondary N) is 1. The second-order valence-corrected chi connectivity index (χ2v) is 3.41. The van der Waals surface area contributed by atoms with Gasteiger partial charge in [0.25, 0.3) is 0 Å². The maximum absolute atomic E-state index is 11.4. The van der Waals surface area contributed by atoms with Crippen LogP contribution in [0.25, 0.3) is 0 Å². The number of nitrogens with zero attached hydrogens (tertiary/aromatic N) is 4. The molecule has 1 aromatic rings. The summed E-state index contributed by atoms with van der Waals surface area (Å²) in [5, 5.41) is 21.4. The van der Waals surface area contributed by atoms with E-state index in [9.17, 15) is 9.59 Å². The number of aromatic nitrogens is 4. The van der Waals surface area contributed by atoms with Crippen LogP contribution in [-0.4, -0.2) is 43.2 Å². The number of aliphatic carboxylic acids is 1. The van der Waals surface area contributed by atoms with E-state index in [2.05, 4.69) is 20.8 Å². The monoisotopic (exact) mass is 227 g/mol. The zero-order valence-corrected chi connectivity index (χ0v) is 8.83. The van der Waals surface area contributed by atoms with Crippen LogP contribution in [0.1, 0.15) is 19.8 Å². The molecule has 0 saturated carbocycles. The van der Waals surface area contributed by atoms with E-state index in [-0.39, 0.29) is 24.9 Å². The normalized spacial score (nSPS) is 12.1. The molecular formula is C8H13N5O3. The maximum Gasteiger partial charge on any atom is 0.303 e. The van der Waals surface area contributed by atoms with Gasteiger partial charge in [0, 0.05) is 12.5 Å². The topological polar surface area (TPSA) is 110 Å². The summed E-state index contributed by atoms with van der Waals surface area (Å²) in [6.07, 6.45) is 1.77. The summed E-state index contributed by atoms with van der Waals surface area (Å²) in [5.41, 5.74) is 0. The molecule has 1 amide bonds. The van der Waals surface area contributed by atoms with Crippen molar-refractivity contribution in [1.82, 2.24) is 25.5 Å². The van der Waals surface area contributed by atoms with E-state index < -0.39 is 5.97 Å². The van der Waals surface area contributed by atoms with Gasteiger partial charge in [0.15, 0.2) is 0 Å². The van der Waals surface area contributed by atoms with Gasteiger partial charge in [-0.15, -0.1) is 5.10 Å². The van der Waals surface area contributed by atoms with Crippen LogP contribution in [0.4, 0.5) is 0 Å². The summed E-state index contributed by atoms with van der Waals surface area (Å²) in [7, 11) is 0. The highest BCUT2D eigenvalue weighted by Gasteiger charge is 2.09. The van der Waals surface area contributed by atoms with Crippen LogP contribution in [0.2, 0.25) is 0 Å². The van der Waals surface area contributed by atoms with Gasteiger partial charge in [0.2, 0.25) is 5.91 Å². The fraction of sp³-hybridized carbons (Fsp3) is 0.625. The van der Waals surface area contributed by atoms with Gasteiger partial charge in [-0.25, -0.2) is 4.68 Å². The Morgan fingerprint density at radius 1 is 1.56 bits per heavy atom. The number of tetrazole rings is 1. The van der Waals surface area contributed by atoms with Crippen LogP contribution < -0.4 is 5.32 Å². The van der Waals surface area contributed by atoms with Crippen molar-refractivity contribution in [2.24, 2.45) is 0 Å². The molecule has 1 rings (SSSR count). The minimum atomic E-state index is -0.874. The van der Waals surface area contributed by atoms with Crippen LogP contribution in [0, 0.1) is 0 Å². The third-order valence-electron chi connectivity index (χ3n) is 1.90. The highest BCUT2D eigenvalue weighted by molar-refractivity contribution is 5.76. The summed E-state index contributed by atoms with van der Waals surface area (Å²) in [6, 6.07) is -0.180. The Hall–Kier alpha value is -1.99. The fourth-order valence-electron chi connectivity index (χ4n) is 1.13. The fourth-order valence-corrected chi connectivity index (χ4v) is 1.13. The Balaban J connectivity index is 2.25. The Morgan fingerprint density at radius 2 is 2.31 bits per heavy atom. The third kappa shape index (κ3) is 4.49. The molecule has 0 saturated heterocycles. The predicted octanol–water partition coefficient (Wildman–Crippen LogP) is -0.957. The molecule has 88 valence electrons. The number of carboxylic acids is 1. The van der Waals surface area contributed by atoms with Gasteiger partial charge >= 0.3 is 5.97 Å². The van der Waals surface area contributed by atoms with E-state index in [0.717, 1.165) is 0 Å². The summed E-state index contributed by atoms with van der Waals surface area (Å²) < 4.78 is 1.29. The van der Waals surface area contributed by atoms with Crippen LogP contribution in [0.3, 0.4) is 0 Å². The molecule has 0 aromatic carbocycles. The first-order chi connectivity index (χ1) is 7.58. The first kappa shape index (κ1) is 12.1. The maximum atomic E-state index is 11.4.